The van der Waals surface area contributed by atoms with Crippen LogP contribution in [0, 0.1) is 0 Å². The Labute approximate surface area is 146 Å². The number of fused-ring (bicyclic) bond motifs is 1. The molecular formula is C18H22ClNO4. The van der Waals surface area contributed by atoms with Gasteiger partial charge in [0.1, 0.15) is 5.75 Å². The molecular weight excluding hydrogens is 330 g/mol. The fourth-order valence-corrected chi connectivity index (χ4v) is 3.41. The molecule has 0 spiro atoms. The molecule has 1 heterocycles. The summed E-state index contributed by atoms with van der Waals surface area (Å²) < 4.78 is 10.9. The van der Waals surface area contributed by atoms with E-state index in [0.717, 1.165) is 31.2 Å². The van der Waals surface area contributed by atoms with Crippen molar-refractivity contribution in [1.82, 2.24) is 5.32 Å². The topological polar surface area (TPSA) is 64.6 Å². The predicted octanol–water partition coefficient (Wildman–Crippen LogP) is 3.02. The lowest BCUT2D eigenvalue weighted by Crippen LogP contribution is -2.44. The number of hydrogen-bond donors (Lipinski definition) is 1. The molecule has 6 heteroatoms. The van der Waals surface area contributed by atoms with Gasteiger partial charge in [-0.25, -0.2) is 4.79 Å². The highest BCUT2D eigenvalue weighted by molar-refractivity contribution is 6.30. The fourth-order valence-electron chi connectivity index (χ4n) is 3.22. The van der Waals surface area contributed by atoms with E-state index >= 15 is 0 Å². The van der Waals surface area contributed by atoms with Crippen molar-refractivity contribution in [3.8, 4) is 5.75 Å². The molecule has 1 aliphatic heterocycles. The molecule has 130 valence electrons. The summed E-state index contributed by atoms with van der Waals surface area (Å²) in [5.41, 5.74) is 0.878. The van der Waals surface area contributed by atoms with E-state index in [4.69, 9.17) is 21.1 Å². The van der Waals surface area contributed by atoms with E-state index in [1.165, 1.54) is 6.42 Å². The van der Waals surface area contributed by atoms with E-state index in [9.17, 15) is 9.59 Å². The maximum atomic E-state index is 12.2. The second-order valence-corrected chi connectivity index (χ2v) is 6.92. The van der Waals surface area contributed by atoms with Gasteiger partial charge in [0, 0.05) is 17.5 Å². The summed E-state index contributed by atoms with van der Waals surface area (Å²) in [4.78, 5) is 24.4. The van der Waals surface area contributed by atoms with Gasteiger partial charge < -0.3 is 14.8 Å². The number of carbonyl (C=O) groups excluding carboxylic acids is 2. The van der Waals surface area contributed by atoms with Crippen LogP contribution in [0.1, 0.15) is 44.6 Å². The molecule has 0 bridgehead atoms. The highest BCUT2D eigenvalue weighted by Gasteiger charge is 2.33. The van der Waals surface area contributed by atoms with Gasteiger partial charge in [0.15, 0.2) is 12.2 Å². The number of carbonyl (C=O) groups is 2. The SMILES string of the molecule is C[C@@H](OC(=O)[C@H]1Cc2cc(Cl)ccc2O1)C(=O)NC1CCCCC1. The van der Waals surface area contributed by atoms with Crippen molar-refractivity contribution in [3.63, 3.8) is 0 Å². The van der Waals surface area contributed by atoms with Crippen LogP contribution < -0.4 is 10.1 Å². The van der Waals surface area contributed by atoms with Crippen molar-refractivity contribution in [2.24, 2.45) is 0 Å². The summed E-state index contributed by atoms with van der Waals surface area (Å²) in [5, 5.41) is 3.57. The Morgan fingerprint density at radius 2 is 2.04 bits per heavy atom. The largest absolute Gasteiger partial charge is 0.478 e. The van der Waals surface area contributed by atoms with Gasteiger partial charge in [0.25, 0.3) is 5.91 Å². The first-order chi connectivity index (χ1) is 11.5. The van der Waals surface area contributed by atoms with Crippen LogP contribution in [-0.2, 0) is 20.7 Å². The number of benzene rings is 1. The van der Waals surface area contributed by atoms with Gasteiger partial charge in [-0.3, -0.25) is 4.79 Å². The zero-order valence-corrected chi connectivity index (χ0v) is 14.5. The number of esters is 1. The van der Waals surface area contributed by atoms with Crippen molar-refractivity contribution in [2.45, 2.75) is 63.7 Å². The summed E-state index contributed by atoms with van der Waals surface area (Å²) in [7, 11) is 0. The first kappa shape index (κ1) is 17.1. The number of amides is 1. The van der Waals surface area contributed by atoms with Gasteiger partial charge in [-0.1, -0.05) is 30.9 Å². The summed E-state index contributed by atoms with van der Waals surface area (Å²) in [5.74, 6) is -0.122. The average molecular weight is 352 g/mol. The summed E-state index contributed by atoms with van der Waals surface area (Å²) >= 11 is 5.94. The highest BCUT2D eigenvalue weighted by Crippen LogP contribution is 2.31. The van der Waals surface area contributed by atoms with E-state index in [-0.39, 0.29) is 11.9 Å². The predicted molar refractivity (Wildman–Crippen MR) is 90.1 cm³/mol. The minimum Gasteiger partial charge on any atom is -0.478 e. The number of halogens is 1. The molecule has 1 aliphatic carbocycles. The third-order valence-electron chi connectivity index (χ3n) is 4.57. The van der Waals surface area contributed by atoms with Crippen LogP contribution in [0.4, 0.5) is 0 Å². The van der Waals surface area contributed by atoms with Crippen molar-refractivity contribution < 1.29 is 19.1 Å². The molecule has 1 N–H and O–H groups in total. The minimum atomic E-state index is -0.824. The molecule has 1 saturated carbocycles. The third-order valence-corrected chi connectivity index (χ3v) is 4.81. The third kappa shape index (κ3) is 4.01. The van der Waals surface area contributed by atoms with Gasteiger partial charge >= 0.3 is 5.97 Å². The number of rotatable bonds is 4. The normalized spacial score (nSPS) is 21.5. The smallest absolute Gasteiger partial charge is 0.348 e. The van der Waals surface area contributed by atoms with Gasteiger partial charge in [0.2, 0.25) is 0 Å². The first-order valence-electron chi connectivity index (χ1n) is 8.49. The van der Waals surface area contributed by atoms with Crippen molar-refractivity contribution in [2.75, 3.05) is 0 Å². The molecule has 24 heavy (non-hydrogen) atoms. The first-order valence-corrected chi connectivity index (χ1v) is 8.86. The average Bonchev–Trinajstić information content (AvgIpc) is 2.99. The molecule has 1 fully saturated rings. The van der Waals surface area contributed by atoms with Crippen LogP contribution >= 0.6 is 11.6 Å². The van der Waals surface area contributed by atoms with E-state index < -0.39 is 18.2 Å². The fraction of sp³-hybridized carbons (Fsp3) is 0.556. The zero-order valence-electron chi connectivity index (χ0n) is 13.7. The van der Waals surface area contributed by atoms with Crippen LogP contribution in [0.5, 0.6) is 5.75 Å². The lowest BCUT2D eigenvalue weighted by molar-refractivity contribution is -0.161. The molecule has 0 unspecified atom stereocenters. The Kier molecular flexibility index (Phi) is 5.29. The number of hydrogen-bond acceptors (Lipinski definition) is 4. The molecule has 1 amide bonds. The highest BCUT2D eigenvalue weighted by atomic mass is 35.5. The molecule has 0 radical (unpaired) electrons. The van der Waals surface area contributed by atoms with Crippen LogP contribution in [0.3, 0.4) is 0 Å². The van der Waals surface area contributed by atoms with Crippen molar-refractivity contribution in [3.05, 3.63) is 28.8 Å². The Balaban J connectivity index is 1.50. The van der Waals surface area contributed by atoms with Crippen LogP contribution in [-0.4, -0.2) is 30.1 Å². The number of ether oxygens (including phenoxy) is 2. The lowest BCUT2D eigenvalue weighted by Gasteiger charge is -2.24. The quantitative estimate of drug-likeness (QED) is 0.847. The summed E-state index contributed by atoms with van der Waals surface area (Å²) in [6.45, 7) is 1.59. The standard InChI is InChI=1S/C18H22ClNO4/c1-11(17(21)20-14-5-3-2-4-6-14)23-18(22)16-10-12-9-13(19)7-8-15(12)24-16/h7-9,11,14,16H,2-6,10H2,1H3,(H,20,21)/t11-,16-/m1/s1. The molecule has 1 aromatic carbocycles. The monoisotopic (exact) mass is 351 g/mol. The summed E-state index contributed by atoms with van der Waals surface area (Å²) in [6, 6.07) is 5.43. The van der Waals surface area contributed by atoms with Gasteiger partial charge in [-0.05, 0) is 43.5 Å². The molecule has 0 saturated heterocycles. The zero-order chi connectivity index (χ0) is 17.1. The summed E-state index contributed by atoms with van der Waals surface area (Å²) in [6.07, 6.45) is 4.35. The Morgan fingerprint density at radius 3 is 2.79 bits per heavy atom. The molecule has 1 aromatic rings. The van der Waals surface area contributed by atoms with Crippen LogP contribution in [0.25, 0.3) is 0 Å². The van der Waals surface area contributed by atoms with Gasteiger partial charge in [-0.15, -0.1) is 0 Å². The van der Waals surface area contributed by atoms with E-state index in [1.807, 2.05) is 0 Å². The van der Waals surface area contributed by atoms with E-state index in [2.05, 4.69) is 5.32 Å². The Morgan fingerprint density at radius 1 is 1.29 bits per heavy atom. The van der Waals surface area contributed by atoms with Gasteiger partial charge in [0.05, 0.1) is 0 Å². The van der Waals surface area contributed by atoms with Crippen molar-refractivity contribution in [1.29, 1.82) is 0 Å². The Bertz CT molecular complexity index is 627. The second kappa shape index (κ2) is 7.43. The van der Waals surface area contributed by atoms with E-state index in [0.29, 0.717) is 17.2 Å². The van der Waals surface area contributed by atoms with E-state index in [1.54, 1.807) is 25.1 Å². The molecule has 5 nitrogen and oxygen atoms in total. The van der Waals surface area contributed by atoms with Crippen LogP contribution in [0.2, 0.25) is 5.02 Å². The Hall–Kier alpha value is -1.75. The molecule has 3 rings (SSSR count). The number of nitrogens with one attached hydrogen (secondary N) is 1. The van der Waals surface area contributed by atoms with Crippen molar-refractivity contribution >= 4 is 23.5 Å². The lowest BCUT2D eigenvalue weighted by atomic mass is 9.95. The minimum absolute atomic E-state index is 0.196. The molecule has 0 aromatic heterocycles. The maximum absolute atomic E-state index is 12.2. The van der Waals surface area contributed by atoms with Gasteiger partial charge in [-0.2, -0.15) is 0 Å². The second-order valence-electron chi connectivity index (χ2n) is 6.49. The maximum Gasteiger partial charge on any atom is 0.348 e. The molecule has 2 aliphatic rings. The van der Waals surface area contributed by atoms with Crippen LogP contribution in [0.15, 0.2) is 18.2 Å². The molecule has 2 atom stereocenters.